The van der Waals surface area contributed by atoms with Crippen LogP contribution in [0.2, 0.25) is 0 Å². The molecule has 0 amide bonds. The van der Waals surface area contributed by atoms with Crippen molar-refractivity contribution in [3.63, 3.8) is 0 Å². The lowest BCUT2D eigenvalue weighted by atomic mass is 9.48. The summed E-state index contributed by atoms with van der Waals surface area (Å²) in [4.78, 5) is 11.5. The number of allylic oxidation sites excluding steroid dienone is 3. The Kier molecular flexibility index (Phi) is 4.44. The third-order valence-electron chi connectivity index (χ3n) is 9.51. The van der Waals surface area contributed by atoms with Crippen molar-refractivity contribution >= 4 is 22.7 Å². The first-order valence-corrected chi connectivity index (χ1v) is 12.3. The summed E-state index contributed by atoms with van der Waals surface area (Å²) in [5.74, 6) is 1.93. The molecular formula is C27H33N3O2. The fourth-order valence-electron chi connectivity index (χ4n) is 7.88. The normalized spacial score (nSPS) is 38.3. The number of benzene rings is 1. The van der Waals surface area contributed by atoms with E-state index in [0.717, 1.165) is 49.1 Å². The number of esters is 1. The summed E-state index contributed by atoms with van der Waals surface area (Å²) in [5, 5.41) is 9.01. The third kappa shape index (κ3) is 2.79. The van der Waals surface area contributed by atoms with E-state index in [1.54, 1.807) is 5.57 Å². The molecule has 0 radical (unpaired) electrons. The second-order valence-corrected chi connectivity index (χ2v) is 11.0. The van der Waals surface area contributed by atoms with E-state index in [1.165, 1.54) is 25.5 Å². The molecule has 6 rings (SSSR count). The van der Waals surface area contributed by atoms with Crippen molar-refractivity contribution < 1.29 is 9.53 Å². The lowest BCUT2D eigenvalue weighted by Crippen LogP contribution is -2.50. The lowest BCUT2D eigenvalue weighted by Gasteiger charge is -2.57. The van der Waals surface area contributed by atoms with Crippen LogP contribution in [0.4, 0.5) is 0 Å². The van der Waals surface area contributed by atoms with E-state index in [9.17, 15) is 4.79 Å². The number of hydrogen-bond acceptors (Lipinski definition) is 4. The first-order valence-electron chi connectivity index (χ1n) is 12.3. The molecule has 0 bridgehead atoms. The van der Waals surface area contributed by atoms with E-state index in [0.29, 0.717) is 11.8 Å². The minimum Gasteiger partial charge on any atom is -0.462 e. The molecule has 2 fully saturated rings. The minimum atomic E-state index is -0.147. The van der Waals surface area contributed by atoms with E-state index in [-0.39, 0.29) is 22.9 Å². The molecule has 6 atom stereocenters. The van der Waals surface area contributed by atoms with Gasteiger partial charge in [0.2, 0.25) is 0 Å². The number of hydrogen-bond donors (Lipinski definition) is 0. The predicted octanol–water partition coefficient (Wildman–Crippen LogP) is 5.78. The Balaban J connectivity index is 1.30. The highest BCUT2D eigenvalue weighted by Gasteiger charge is 2.57. The summed E-state index contributed by atoms with van der Waals surface area (Å²) in [6, 6.07) is 8.29. The van der Waals surface area contributed by atoms with Crippen molar-refractivity contribution in [3.05, 3.63) is 42.0 Å². The Morgan fingerprint density at radius 2 is 1.88 bits per heavy atom. The maximum atomic E-state index is 11.5. The molecule has 0 unspecified atom stereocenters. The van der Waals surface area contributed by atoms with Crippen LogP contribution < -0.4 is 0 Å². The zero-order chi connectivity index (χ0) is 22.1. The highest BCUT2D eigenvalue weighted by Crippen LogP contribution is 2.65. The highest BCUT2D eigenvalue weighted by atomic mass is 16.5. The van der Waals surface area contributed by atoms with Crippen LogP contribution in [0.1, 0.15) is 65.7 Å². The molecule has 5 nitrogen and oxygen atoms in total. The van der Waals surface area contributed by atoms with Crippen molar-refractivity contribution in [1.29, 1.82) is 0 Å². The maximum Gasteiger partial charge on any atom is 0.302 e. The second kappa shape index (κ2) is 7.03. The SMILES string of the molecule is CC(=O)O[C@H]1CC[C@@]2(C)C(=CC[C@@H]3[C@@H]2CC[C@]2(C)C(n4nnc5ccccc54)=CC[C@@H]32)C1. The van der Waals surface area contributed by atoms with Crippen LogP contribution in [-0.2, 0) is 9.53 Å². The van der Waals surface area contributed by atoms with Gasteiger partial charge in [-0.2, -0.15) is 0 Å². The van der Waals surface area contributed by atoms with Gasteiger partial charge in [-0.15, -0.1) is 5.10 Å². The molecule has 0 spiro atoms. The molecule has 1 heterocycles. The van der Waals surface area contributed by atoms with Crippen LogP contribution in [0.5, 0.6) is 0 Å². The highest BCUT2D eigenvalue weighted by molar-refractivity contribution is 5.79. The summed E-state index contributed by atoms with van der Waals surface area (Å²) in [6.07, 6.45) is 12.8. The van der Waals surface area contributed by atoms with Gasteiger partial charge in [-0.1, -0.05) is 48.9 Å². The van der Waals surface area contributed by atoms with Crippen LogP contribution in [0.25, 0.3) is 16.7 Å². The molecule has 0 N–H and O–H groups in total. The van der Waals surface area contributed by atoms with E-state index in [2.05, 4.69) is 53.1 Å². The van der Waals surface area contributed by atoms with Crippen LogP contribution in [0.15, 0.2) is 42.0 Å². The summed E-state index contributed by atoms with van der Waals surface area (Å²) < 4.78 is 7.71. The summed E-state index contributed by atoms with van der Waals surface area (Å²) >= 11 is 0. The Bertz CT molecular complexity index is 1150. The molecule has 4 aliphatic carbocycles. The summed E-state index contributed by atoms with van der Waals surface area (Å²) in [6.45, 7) is 6.50. The van der Waals surface area contributed by atoms with Gasteiger partial charge in [-0.05, 0) is 73.8 Å². The first-order chi connectivity index (χ1) is 15.4. The number of ether oxygens (including phenoxy) is 1. The number of rotatable bonds is 2. The van der Waals surface area contributed by atoms with Gasteiger partial charge in [-0.3, -0.25) is 4.79 Å². The smallest absolute Gasteiger partial charge is 0.302 e. The summed E-state index contributed by atoms with van der Waals surface area (Å²) in [5.41, 5.74) is 5.39. The topological polar surface area (TPSA) is 57.0 Å². The van der Waals surface area contributed by atoms with Crippen LogP contribution >= 0.6 is 0 Å². The van der Waals surface area contributed by atoms with Crippen molar-refractivity contribution in [2.45, 2.75) is 71.8 Å². The van der Waals surface area contributed by atoms with Gasteiger partial charge in [0.1, 0.15) is 11.6 Å². The van der Waals surface area contributed by atoms with Gasteiger partial charge in [0.15, 0.2) is 0 Å². The minimum absolute atomic E-state index is 0.0672. The van der Waals surface area contributed by atoms with Crippen LogP contribution in [0.3, 0.4) is 0 Å². The molecule has 32 heavy (non-hydrogen) atoms. The average molecular weight is 432 g/mol. The third-order valence-corrected chi connectivity index (χ3v) is 9.51. The summed E-state index contributed by atoms with van der Waals surface area (Å²) in [7, 11) is 0. The molecule has 168 valence electrons. The fraction of sp³-hybridized carbons (Fsp3) is 0.593. The van der Waals surface area contributed by atoms with Gasteiger partial charge in [0.05, 0.1) is 5.52 Å². The second-order valence-electron chi connectivity index (χ2n) is 11.0. The van der Waals surface area contributed by atoms with Crippen molar-refractivity contribution in [2.75, 3.05) is 0 Å². The van der Waals surface area contributed by atoms with Crippen molar-refractivity contribution in [2.24, 2.45) is 28.6 Å². The Morgan fingerprint density at radius 1 is 1.06 bits per heavy atom. The quantitative estimate of drug-likeness (QED) is 0.447. The number of nitrogens with zero attached hydrogens (tertiary/aromatic N) is 3. The van der Waals surface area contributed by atoms with Crippen LogP contribution in [0, 0.1) is 28.6 Å². The number of fused-ring (bicyclic) bond motifs is 6. The van der Waals surface area contributed by atoms with E-state index < -0.39 is 0 Å². The number of aromatic nitrogens is 3. The molecule has 1 aromatic carbocycles. The van der Waals surface area contributed by atoms with Gasteiger partial charge in [0.25, 0.3) is 0 Å². The van der Waals surface area contributed by atoms with Gasteiger partial charge in [-0.25, -0.2) is 4.68 Å². The molecule has 1 aromatic heterocycles. The van der Waals surface area contributed by atoms with E-state index >= 15 is 0 Å². The molecule has 5 heteroatoms. The monoisotopic (exact) mass is 431 g/mol. The number of carbonyl (C=O) groups is 1. The zero-order valence-electron chi connectivity index (χ0n) is 19.4. The van der Waals surface area contributed by atoms with Crippen molar-refractivity contribution in [3.8, 4) is 0 Å². The standard InChI is InChI=1S/C27H33N3O2/c1-17(31)32-19-12-14-26(2)18(16-19)8-9-20-21-10-11-25(27(21,3)15-13-22(20)26)30-24-7-5-4-6-23(24)28-29-30/h4-8,11,19-22H,9-10,12-16H2,1-3H3/t19-,20-,21-,22-,26-,27-/m0/s1. The predicted molar refractivity (Wildman–Crippen MR) is 124 cm³/mol. The first kappa shape index (κ1) is 20.2. The molecule has 0 saturated heterocycles. The number of carbonyl (C=O) groups excluding carboxylic acids is 1. The lowest BCUT2D eigenvalue weighted by molar-refractivity contribution is -0.148. The average Bonchev–Trinajstić information content (AvgIpc) is 3.34. The molecule has 2 aromatic rings. The molecule has 4 aliphatic rings. The molecule has 2 saturated carbocycles. The Hall–Kier alpha value is -2.43. The Morgan fingerprint density at radius 3 is 2.72 bits per heavy atom. The molecule has 0 aliphatic heterocycles. The maximum absolute atomic E-state index is 11.5. The molecular weight excluding hydrogens is 398 g/mol. The fourth-order valence-corrected chi connectivity index (χ4v) is 7.88. The van der Waals surface area contributed by atoms with Crippen LogP contribution in [-0.4, -0.2) is 27.1 Å². The largest absolute Gasteiger partial charge is 0.462 e. The van der Waals surface area contributed by atoms with E-state index in [1.807, 2.05) is 12.1 Å². The van der Waals surface area contributed by atoms with Gasteiger partial charge >= 0.3 is 5.97 Å². The van der Waals surface area contributed by atoms with Crippen molar-refractivity contribution in [1.82, 2.24) is 15.0 Å². The Labute approximate surface area is 189 Å². The zero-order valence-corrected chi connectivity index (χ0v) is 19.4. The number of para-hydroxylation sites is 1. The van der Waals surface area contributed by atoms with E-state index in [4.69, 9.17) is 4.74 Å². The van der Waals surface area contributed by atoms with Gasteiger partial charge in [0, 0.05) is 24.5 Å². The van der Waals surface area contributed by atoms with Gasteiger partial charge < -0.3 is 4.74 Å².